The SMILES string of the molecule is CNC(c1c(C)cc(C)c(C)c1OC)C(N)CO. The molecule has 0 saturated carbocycles. The molecule has 4 N–H and O–H groups in total. The van der Waals surface area contributed by atoms with Gasteiger partial charge in [-0.25, -0.2) is 0 Å². The third-order valence-electron chi connectivity index (χ3n) is 3.50. The zero-order valence-electron chi connectivity index (χ0n) is 11.9. The van der Waals surface area contributed by atoms with Crippen LogP contribution in [0.1, 0.15) is 28.3 Å². The number of ether oxygens (including phenoxy) is 1. The van der Waals surface area contributed by atoms with Crippen LogP contribution in [0.15, 0.2) is 6.07 Å². The van der Waals surface area contributed by atoms with E-state index in [0.29, 0.717) is 0 Å². The Morgan fingerprint density at radius 3 is 2.39 bits per heavy atom. The molecule has 2 unspecified atom stereocenters. The van der Waals surface area contributed by atoms with Gasteiger partial charge in [0.25, 0.3) is 0 Å². The molecule has 2 atom stereocenters. The lowest BCUT2D eigenvalue weighted by Gasteiger charge is -2.27. The Labute approximate surface area is 109 Å². The molecule has 0 aliphatic heterocycles. The molecule has 0 aromatic heterocycles. The van der Waals surface area contributed by atoms with Crippen LogP contribution in [0, 0.1) is 20.8 Å². The molecule has 4 heteroatoms. The minimum absolute atomic E-state index is 0.0684. The van der Waals surface area contributed by atoms with Gasteiger partial charge in [0, 0.05) is 11.6 Å². The minimum atomic E-state index is -0.357. The Bertz CT molecular complexity index is 419. The molecular formula is C14H24N2O2. The Hall–Kier alpha value is -1.10. The molecule has 0 radical (unpaired) electrons. The number of benzene rings is 1. The van der Waals surface area contributed by atoms with E-state index in [0.717, 1.165) is 22.4 Å². The lowest BCUT2D eigenvalue weighted by atomic mass is 9.91. The Kier molecular flexibility index (Phi) is 5.14. The first-order valence-electron chi connectivity index (χ1n) is 6.16. The van der Waals surface area contributed by atoms with Crippen LogP contribution in [-0.2, 0) is 0 Å². The number of aliphatic hydroxyl groups excluding tert-OH is 1. The van der Waals surface area contributed by atoms with Crippen molar-refractivity contribution in [3.05, 3.63) is 28.3 Å². The molecule has 0 aliphatic rings. The first-order valence-corrected chi connectivity index (χ1v) is 6.16. The molecule has 0 heterocycles. The molecule has 0 bridgehead atoms. The standard InChI is InChI=1S/C14H24N2O2/c1-8-6-9(2)12(14(18-5)10(8)3)13(16-4)11(15)7-17/h6,11,13,16-17H,7,15H2,1-5H3. The Balaban J connectivity index is 3.42. The summed E-state index contributed by atoms with van der Waals surface area (Å²) in [7, 11) is 3.51. The first-order chi connectivity index (χ1) is 8.47. The van der Waals surface area contributed by atoms with Crippen LogP contribution in [0.3, 0.4) is 0 Å². The number of methoxy groups -OCH3 is 1. The maximum Gasteiger partial charge on any atom is 0.127 e. The quantitative estimate of drug-likeness (QED) is 0.736. The molecular weight excluding hydrogens is 228 g/mol. The topological polar surface area (TPSA) is 67.5 Å². The van der Waals surface area contributed by atoms with Crippen molar-refractivity contribution in [3.8, 4) is 5.75 Å². The van der Waals surface area contributed by atoms with Crippen LogP contribution in [0.5, 0.6) is 5.75 Å². The van der Waals surface area contributed by atoms with Crippen LogP contribution in [-0.4, -0.2) is 31.9 Å². The summed E-state index contributed by atoms with van der Waals surface area (Å²) in [5.41, 5.74) is 10.4. The summed E-state index contributed by atoms with van der Waals surface area (Å²) >= 11 is 0. The lowest BCUT2D eigenvalue weighted by molar-refractivity contribution is 0.238. The smallest absolute Gasteiger partial charge is 0.127 e. The molecule has 0 amide bonds. The van der Waals surface area contributed by atoms with E-state index < -0.39 is 0 Å². The maximum atomic E-state index is 9.27. The number of likely N-dealkylation sites (N-methyl/N-ethyl adjacent to an activating group) is 1. The second-order valence-corrected chi connectivity index (χ2v) is 4.70. The summed E-state index contributed by atoms with van der Waals surface area (Å²) < 4.78 is 5.54. The van der Waals surface area contributed by atoms with Crippen molar-refractivity contribution in [2.75, 3.05) is 20.8 Å². The van der Waals surface area contributed by atoms with Gasteiger partial charge in [-0.3, -0.25) is 0 Å². The van der Waals surface area contributed by atoms with Crippen LogP contribution in [0.25, 0.3) is 0 Å². The monoisotopic (exact) mass is 252 g/mol. The van der Waals surface area contributed by atoms with Gasteiger partial charge < -0.3 is 20.9 Å². The minimum Gasteiger partial charge on any atom is -0.496 e. The predicted molar refractivity (Wildman–Crippen MR) is 74.1 cm³/mol. The van der Waals surface area contributed by atoms with Gasteiger partial charge in [-0.15, -0.1) is 0 Å². The Morgan fingerprint density at radius 1 is 1.33 bits per heavy atom. The molecule has 0 fully saturated rings. The van der Waals surface area contributed by atoms with Crippen LogP contribution in [0.4, 0.5) is 0 Å². The fourth-order valence-corrected chi connectivity index (χ4v) is 2.40. The van der Waals surface area contributed by atoms with Gasteiger partial charge in [0.1, 0.15) is 5.75 Å². The molecule has 0 saturated heterocycles. The molecule has 1 aromatic carbocycles. The van der Waals surface area contributed by atoms with Gasteiger partial charge in [0.05, 0.1) is 19.8 Å². The number of hydrogen-bond donors (Lipinski definition) is 3. The average Bonchev–Trinajstić information content (AvgIpc) is 2.36. The van der Waals surface area contributed by atoms with Crippen LogP contribution >= 0.6 is 0 Å². The second kappa shape index (κ2) is 6.18. The lowest BCUT2D eigenvalue weighted by Crippen LogP contribution is -2.39. The van der Waals surface area contributed by atoms with Gasteiger partial charge in [-0.1, -0.05) is 6.07 Å². The third kappa shape index (κ3) is 2.66. The first kappa shape index (κ1) is 15.0. The second-order valence-electron chi connectivity index (χ2n) is 4.70. The molecule has 1 rings (SSSR count). The molecule has 18 heavy (non-hydrogen) atoms. The van der Waals surface area contributed by atoms with Gasteiger partial charge in [0.2, 0.25) is 0 Å². The third-order valence-corrected chi connectivity index (χ3v) is 3.50. The van der Waals surface area contributed by atoms with Gasteiger partial charge in [-0.05, 0) is 44.5 Å². The highest BCUT2D eigenvalue weighted by Crippen LogP contribution is 2.34. The fraction of sp³-hybridized carbons (Fsp3) is 0.571. The van der Waals surface area contributed by atoms with Gasteiger partial charge >= 0.3 is 0 Å². The number of nitrogens with two attached hydrogens (primary N) is 1. The Morgan fingerprint density at radius 2 is 1.94 bits per heavy atom. The van der Waals surface area contributed by atoms with Gasteiger partial charge in [0.15, 0.2) is 0 Å². The fourth-order valence-electron chi connectivity index (χ4n) is 2.40. The van der Waals surface area contributed by atoms with Crippen molar-refractivity contribution >= 4 is 0 Å². The summed E-state index contributed by atoms with van der Waals surface area (Å²) in [5, 5.41) is 12.4. The van der Waals surface area contributed by atoms with Crippen molar-refractivity contribution in [1.82, 2.24) is 5.32 Å². The zero-order valence-corrected chi connectivity index (χ0v) is 11.9. The van der Waals surface area contributed by atoms with E-state index >= 15 is 0 Å². The van der Waals surface area contributed by atoms with Crippen molar-refractivity contribution in [3.63, 3.8) is 0 Å². The van der Waals surface area contributed by atoms with Gasteiger partial charge in [-0.2, -0.15) is 0 Å². The summed E-state index contributed by atoms with van der Waals surface area (Å²) in [5.74, 6) is 0.857. The molecule has 102 valence electrons. The van der Waals surface area contributed by atoms with E-state index in [1.54, 1.807) is 7.11 Å². The number of nitrogens with one attached hydrogen (secondary N) is 1. The van der Waals surface area contributed by atoms with E-state index in [-0.39, 0.29) is 18.7 Å². The van der Waals surface area contributed by atoms with E-state index in [2.05, 4.69) is 18.3 Å². The summed E-state index contributed by atoms with van der Waals surface area (Å²) in [6.45, 7) is 6.07. The molecule has 1 aromatic rings. The predicted octanol–water partition coefficient (Wildman–Crippen LogP) is 1.20. The summed E-state index contributed by atoms with van der Waals surface area (Å²) in [4.78, 5) is 0. The van der Waals surface area contributed by atoms with Crippen LogP contribution in [0.2, 0.25) is 0 Å². The molecule has 0 aliphatic carbocycles. The number of aryl methyl sites for hydroxylation is 2. The average molecular weight is 252 g/mol. The maximum absolute atomic E-state index is 9.27. The largest absolute Gasteiger partial charge is 0.496 e. The van der Waals surface area contributed by atoms with Crippen molar-refractivity contribution in [1.29, 1.82) is 0 Å². The van der Waals surface area contributed by atoms with E-state index in [4.69, 9.17) is 10.5 Å². The highest BCUT2D eigenvalue weighted by Gasteiger charge is 2.24. The zero-order chi connectivity index (χ0) is 13.9. The highest BCUT2D eigenvalue weighted by molar-refractivity contribution is 5.51. The highest BCUT2D eigenvalue weighted by atomic mass is 16.5. The summed E-state index contributed by atoms with van der Waals surface area (Å²) in [6.07, 6.45) is 0. The van der Waals surface area contributed by atoms with E-state index in [1.165, 1.54) is 5.56 Å². The molecule has 4 nitrogen and oxygen atoms in total. The molecule has 0 spiro atoms. The van der Waals surface area contributed by atoms with E-state index in [1.807, 2.05) is 20.9 Å². The van der Waals surface area contributed by atoms with E-state index in [9.17, 15) is 5.11 Å². The van der Waals surface area contributed by atoms with Crippen molar-refractivity contribution < 1.29 is 9.84 Å². The number of aliphatic hydroxyl groups is 1. The number of rotatable bonds is 5. The summed E-state index contributed by atoms with van der Waals surface area (Å²) in [6, 6.07) is 1.65. The van der Waals surface area contributed by atoms with Crippen molar-refractivity contribution in [2.45, 2.75) is 32.9 Å². The van der Waals surface area contributed by atoms with Crippen LogP contribution < -0.4 is 15.8 Å². The number of hydrogen-bond acceptors (Lipinski definition) is 4. The van der Waals surface area contributed by atoms with Crippen molar-refractivity contribution in [2.24, 2.45) is 5.73 Å². The normalized spacial score (nSPS) is 14.4.